The number of anilines is 2. The van der Waals surface area contributed by atoms with E-state index >= 15 is 0 Å². The first-order valence-corrected chi connectivity index (χ1v) is 12.5. The van der Waals surface area contributed by atoms with Crippen LogP contribution in [0.25, 0.3) is 0 Å². The summed E-state index contributed by atoms with van der Waals surface area (Å²) >= 11 is 1.36. The molecule has 0 radical (unpaired) electrons. The zero-order valence-corrected chi connectivity index (χ0v) is 19.4. The Morgan fingerprint density at radius 3 is 2.67 bits per heavy atom. The third-order valence-corrected chi connectivity index (χ3v) is 7.68. The van der Waals surface area contributed by atoms with Gasteiger partial charge in [-0.05, 0) is 37.3 Å². The van der Waals surface area contributed by atoms with Crippen molar-refractivity contribution in [3.05, 3.63) is 70.5 Å². The molecule has 0 aliphatic carbocycles. The molecular formula is C22H22FN3O5S2. The van der Waals surface area contributed by atoms with Gasteiger partial charge in [-0.3, -0.25) is 0 Å². The fraction of sp³-hybridized carbons (Fsp3) is 0.273. The molecule has 0 amide bonds. The molecule has 2 heterocycles. The zero-order valence-electron chi connectivity index (χ0n) is 17.8. The van der Waals surface area contributed by atoms with E-state index < -0.39 is 26.7 Å². The largest absolute Gasteiger partial charge is 0.456 e. The summed E-state index contributed by atoms with van der Waals surface area (Å²) in [6, 6.07) is 11.0. The Bertz CT molecular complexity index is 1240. The highest BCUT2D eigenvalue weighted by molar-refractivity contribution is 7.89. The van der Waals surface area contributed by atoms with Crippen LogP contribution in [0.15, 0.2) is 52.7 Å². The van der Waals surface area contributed by atoms with Gasteiger partial charge in [-0.15, -0.1) is 11.3 Å². The normalized spacial score (nSPS) is 14.7. The van der Waals surface area contributed by atoms with Gasteiger partial charge >= 0.3 is 5.97 Å². The minimum absolute atomic E-state index is 0.0588. The number of halogens is 1. The van der Waals surface area contributed by atoms with Crippen molar-refractivity contribution in [3.8, 4) is 0 Å². The van der Waals surface area contributed by atoms with E-state index in [1.807, 2.05) is 31.2 Å². The summed E-state index contributed by atoms with van der Waals surface area (Å²) in [7, 11) is -4.09. The number of rotatable bonds is 7. The molecule has 3 aromatic rings. The second-order valence-electron chi connectivity index (χ2n) is 7.37. The molecule has 0 unspecified atom stereocenters. The molecule has 1 aromatic heterocycles. The van der Waals surface area contributed by atoms with E-state index in [9.17, 15) is 17.6 Å². The van der Waals surface area contributed by atoms with Crippen LogP contribution in [-0.4, -0.2) is 50.0 Å². The smallest absolute Gasteiger partial charge is 0.338 e. The first kappa shape index (κ1) is 23.3. The van der Waals surface area contributed by atoms with Crippen LogP contribution in [0.4, 0.5) is 15.2 Å². The topological polar surface area (TPSA) is 97.8 Å². The van der Waals surface area contributed by atoms with Gasteiger partial charge in [0.2, 0.25) is 10.0 Å². The Morgan fingerprint density at radius 1 is 1.21 bits per heavy atom. The lowest BCUT2D eigenvalue weighted by Gasteiger charge is -2.26. The molecule has 8 nitrogen and oxygen atoms in total. The standard InChI is InChI=1S/C22H22FN3O5S2/c1-15-2-5-17(6-3-15)24-22-25-18(14-32-22)13-31-21(27)16-4-7-19(23)20(12-16)33(28,29)26-8-10-30-11-9-26/h2-7,12,14H,8-11,13H2,1H3,(H,24,25). The maximum atomic E-state index is 14.3. The number of carbonyl (C=O) groups excluding carboxylic acids is 1. The van der Waals surface area contributed by atoms with Gasteiger partial charge in [-0.1, -0.05) is 17.7 Å². The van der Waals surface area contributed by atoms with E-state index in [0.717, 1.165) is 27.7 Å². The number of hydrogen-bond donors (Lipinski definition) is 1. The molecule has 1 saturated heterocycles. The lowest BCUT2D eigenvalue weighted by molar-refractivity contribution is 0.0468. The molecule has 1 aliphatic rings. The average Bonchev–Trinajstić information content (AvgIpc) is 3.27. The fourth-order valence-corrected chi connectivity index (χ4v) is 5.38. The lowest BCUT2D eigenvalue weighted by atomic mass is 10.2. The molecule has 1 fully saturated rings. The van der Waals surface area contributed by atoms with Crippen molar-refractivity contribution >= 4 is 38.1 Å². The highest BCUT2D eigenvalue weighted by Gasteiger charge is 2.30. The molecular weight excluding hydrogens is 469 g/mol. The molecule has 0 atom stereocenters. The molecule has 1 N–H and O–H groups in total. The van der Waals surface area contributed by atoms with Crippen molar-refractivity contribution in [3.63, 3.8) is 0 Å². The number of benzene rings is 2. The SMILES string of the molecule is Cc1ccc(Nc2nc(COC(=O)c3ccc(F)c(S(=O)(=O)N4CCOCC4)c3)cs2)cc1. The molecule has 11 heteroatoms. The number of aromatic nitrogens is 1. The maximum absolute atomic E-state index is 14.3. The van der Waals surface area contributed by atoms with Crippen molar-refractivity contribution in [2.24, 2.45) is 0 Å². The lowest BCUT2D eigenvalue weighted by Crippen LogP contribution is -2.41. The number of nitrogens with one attached hydrogen (secondary N) is 1. The summed E-state index contributed by atoms with van der Waals surface area (Å²) in [5.74, 6) is -1.70. The number of ether oxygens (including phenoxy) is 2. The predicted octanol–water partition coefficient (Wildman–Crippen LogP) is 3.71. The third kappa shape index (κ3) is 5.56. The fourth-order valence-electron chi connectivity index (χ4n) is 3.17. The first-order chi connectivity index (χ1) is 15.8. The first-order valence-electron chi connectivity index (χ1n) is 10.2. The van der Waals surface area contributed by atoms with Crippen molar-refractivity contribution in [1.82, 2.24) is 9.29 Å². The van der Waals surface area contributed by atoms with E-state index in [-0.39, 0.29) is 38.5 Å². The van der Waals surface area contributed by atoms with Crippen LogP contribution in [0.5, 0.6) is 0 Å². The van der Waals surface area contributed by atoms with Crippen LogP contribution in [0, 0.1) is 12.7 Å². The number of hydrogen-bond acceptors (Lipinski definition) is 8. The number of nitrogens with zero attached hydrogens (tertiary/aromatic N) is 2. The van der Waals surface area contributed by atoms with Gasteiger partial charge in [0.1, 0.15) is 17.3 Å². The van der Waals surface area contributed by atoms with Crippen molar-refractivity contribution < 1.29 is 27.1 Å². The summed E-state index contributed by atoms with van der Waals surface area (Å²) in [6.45, 7) is 2.61. The molecule has 33 heavy (non-hydrogen) atoms. The minimum atomic E-state index is -4.09. The molecule has 2 aromatic carbocycles. The van der Waals surface area contributed by atoms with Crippen LogP contribution in [0.3, 0.4) is 0 Å². The summed E-state index contributed by atoms with van der Waals surface area (Å²) in [5, 5.41) is 5.57. The summed E-state index contributed by atoms with van der Waals surface area (Å²) in [5.41, 5.74) is 2.51. The molecule has 0 saturated carbocycles. The van der Waals surface area contributed by atoms with Gasteiger partial charge < -0.3 is 14.8 Å². The van der Waals surface area contributed by atoms with Crippen LogP contribution in [-0.2, 0) is 26.1 Å². The highest BCUT2D eigenvalue weighted by atomic mass is 32.2. The maximum Gasteiger partial charge on any atom is 0.338 e. The van der Waals surface area contributed by atoms with Gasteiger partial charge in [0.05, 0.1) is 24.5 Å². The Balaban J connectivity index is 1.41. The summed E-state index contributed by atoms with van der Waals surface area (Å²) in [6.07, 6.45) is 0. The number of aryl methyl sites for hydroxylation is 1. The Labute approximate surface area is 195 Å². The van der Waals surface area contributed by atoms with E-state index in [4.69, 9.17) is 9.47 Å². The number of esters is 1. The van der Waals surface area contributed by atoms with E-state index in [2.05, 4.69) is 10.3 Å². The second kappa shape index (κ2) is 9.96. The Hall–Kier alpha value is -2.86. The molecule has 0 spiro atoms. The van der Waals surface area contributed by atoms with Crippen LogP contribution >= 0.6 is 11.3 Å². The molecule has 1 aliphatic heterocycles. The van der Waals surface area contributed by atoms with Crippen LogP contribution in [0.1, 0.15) is 21.6 Å². The summed E-state index contributed by atoms with van der Waals surface area (Å²) < 4.78 is 51.5. The zero-order chi connectivity index (χ0) is 23.4. The number of sulfonamides is 1. The number of thiazole rings is 1. The second-order valence-corrected chi connectivity index (χ2v) is 10.1. The van der Waals surface area contributed by atoms with E-state index in [1.165, 1.54) is 17.4 Å². The van der Waals surface area contributed by atoms with Crippen molar-refractivity contribution in [2.45, 2.75) is 18.4 Å². The number of carbonyl (C=O) groups is 1. The monoisotopic (exact) mass is 491 g/mol. The van der Waals surface area contributed by atoms with E-state index in [1.54, 1.807) is 5.38 Å². The molecule has 174 valence electrons. The Morgan fingerprint density at radius 2 is 1.94 bits per heavy atom. The molecule has 0 bridgehead atoms. The van der Waals surface area contributed by atoms with Crippen LogP contribution < -0.4 is 5.32 Å². The minimum Gasteiger partial charge on any atom is -0.456 e. The number of morpholine rings is 1. The van der Waals surface area contributed by atoms with Crippen LogP contribution in [0.2, 0.25) is 0 Å². The van der Waals surface area contributed by atoms with Crippen molar-refractivity contribution in [1.29, 1.82) is 0 Å². The van der Waals surface area contributed by atoms with Gasteiger partial charge in [-0.2, -0.15) is 4.31 Å². The molecule has 4 rings (SSSR count). The average molecular weight is 492 g/mol. The van der Waals surface area contributed by atoms with Gasteiger partial charge in [0.15, 0.2) is 5.13 Å². The van der Waals surface area contributed by atoms with E-state index in [0.29, 0.717) is 10.8 Å². The van der Waals surface area contributed by atoms with Gasteiger partial charge in [-0.25, -0.2) is 22.6 Å². The van der Waals surface area contributed by atoms with Gasteiger partial charge in [0.25, 0.3) is 0 Å². The quantitative estimate of drug-likeness (QED) is 0.503. The highest BCUT2D eigenvalue weighted by Crippen LogP contribution is 2.24. The van der Waals surface area contributed by atoms with Crippen molar-refractivity contribution in [2.75, 3.05) is 31.6 Å². The third-order valence-electron chi connectivity index (χ3n) is 4.96. The predicted molar refractivity (Wildman–Crippen MR) is 122 cm³/mol. The summed E-state index contributed by atoms with van der Waals surface area (Å²) in [4.78, 5) is 16.3. The van der Waals surface area contributed by atoms with Gasteiger partial charge in [0, 0.05) is 24.2 Å². The Kier molecular flexibility index (Phi) is 7.03.